The summed E-state index contributed by atoms with van der Waals surface area (Å²) in [4.78, 5) is 22.7. The van der Waals surface area contributed by atoms with Crippen molar-refractivity contribution in [1.29, 1.82) is 0 Å². The summed E-state index contributed by atoms with van der Waals surface area (Å²) >= 11 is 0. The highest BCUT2D eigenvalue weighted by molar-refractivity contribution is 6.04. The molecule has 0 aromatic heterocycles. The molecule has 0 fully saturated rings. The van der Waals surface area contributed by atoms with Crippen molar-refractivity contribution < 1.29 is 9.59 Å². The van der Waals surface area contributed by atoms with Crippen molar-refractivity contribution in [2.45, 2.75) is 6.92 Å². The molecule has 0 N–H and O–H groups in total. The maximum Gasteiger partial charge on any atom is 0.252 e. The smallest absolute Gasteiger partial charge is 0.252 e. The van der Waals surface area contributed by atoms with Crippen LogP contribution in [0.25, 0.3) is 0 Å². The number of imide groups is 1. The largest absolute Gasteiger partial charge is 0.279 e. The zero-order chi connectivity index (χ0) is 8.85. The Labute approximate surface area is 66.0 Å². The predicted molar refractivity (Wildman–Crippen MR) is 42.8 cm³/mol. The van der Waals surface area contributed by atoms with Crippen LogP contribution < -0.4 is 0 Å². The summed E-state index contributed by atoms with van der Waals surface area (Å²) in [6.07, 6.45) is 4.00. The van der Waals surface area contributed by atoms with Crippen LogP contribution in [0, 0.1) is 0 Å². The van der Waals surface area contributed by atoms with Crippen LogP contribution in [0.1, 0.15) is 6.92 Å². The monoisotopic (exact) mass is 153 g/mol. The maximum atomic E-state index is 10.9. The Balaban J connectivity index is 4.24. The van der Waals surface area contributed by atoms with E-state index in [4.69, 9.17) is 0 Å². The first-order valence-corrected chi connectivity index (χ1v) is 3.20. The van der Waals surface area contributed by atoms with Crippen LogP contribution in [0.15, 0.2) is 24.8 Å². The van der Waals surface area contributed by atoms with Crippen LogP contribution in [-0.2, 0) is 9.59 Å². The molecule has 0 saturated heterocycles. The lowest BCUT2D eigenvalue weighted by atomic mass is 10.4. The standard InChI is InChI=1S/C8H11NO2/c1-4-6-8(11)9(3)7(10)5-2/h4-6H,2H2,1,3H3. The van der Waals surface area contributed by atoms with Gasteiger partial charge in [0.25, 0.3) is 11.8 Å². The fraction of sp³-hybridized carbons (Fsp3) is 0.250. The van der Waals surface area contributed by atoms with E-state index in [2.05, 4.69) is 6.58 Å². The molecule has 0 spiro atoms. The van der Waals surface area contributed by atoms with E-state index in [9.17, 15) is 9.59 Å². The zero-order valence-corrected chi connectivity index (χ0v) is 6.70. The maximum absolute atomic E-state index is 10.9. The fourth-order valence-electron chi connectivity index (χ4n) is 0.500. The highest BCUT2D eigenvalue weighted by Gasteiger charge is 2.09. The number of amides is 2. The van der Waals surface area contributed by atoms with Crippen LogP contribution in [0.4, 0.5) is 0 Å². The number of hydrogen-bond acceptors (Lipinski definition) is 2. The molecule has 0 rings (SSSR count). The van der Waals surface area contributed by atoms with Gasteiger partial charge in [0.1, 0.15) is 0 Å². The van der Waals surface area contributed by atoms with Gasteiger partial charge in [0.05, 0.1) is 0 Å². The van der Waals surface area contributed by atoms with Gasteiger partial charge in [-0.1, -0.05) is 12.7 Å². The molecule has 0 aliphatic carbocycles. The van der Waals surface area contributed by atoms with Gasteiger partial charge in [-0.3, -0.25) is 14.5 Å². The van der Waals surface area contributed by atoms with E-state index in [0.717, 1.165) is 11.0 Å². The molecular formula is C8H11NO2. The molecule has 0 aliphatic heterocycles. The normalized spacial score (nSPS) is 9.64. The number of likely N-dealkylation sites (N-methyl/N-ethyl adjacent to an activating group) is 1. The fourth-order valence-corrected chi connectivity index (χ4v) is 0.500. The summed E-state index contributed by atoms with van der Waals surface area (Å²) in [6, 6.07) is 0. The third kappa shape index (κ3) is 2.80. The molecule has 3 heteroatoms. The number of rotatable bonds is 2. The van der Waals surface area contributed by atoms with Crippen LogP contribution in [0.5, 0.6) is 0 Å². The molecule has 0 aromatic rings. The minimum Gasteiger partial charge on any atom is -0.279 e. The number of nitrogens with zero attached hydrogens (tertiary/aromatic N) is 1. The first kappa shape index (κ1) is 9.62. The van der Waals surface area contributed by atoms with E-state index in [1.165, 1.54) is 13.1 Å². The van der Waals surface area contributed by atoms with Gasteiger partial charge in [0, 0.05) is 7.05 Å². The van der Waals surface area contributed by atoms with Gasteiger partial charge in [-0.15, -0.1) is 0 Å². The first-order chi connectivity index (χ1) is 5.13. The number of hydrogen-bond donors (Lipinski definition) is 0. The molecule has 0 atom stereocenters. The van der Waals surface area contributed by atoms with E-state index in [1.807, 2.05) is 0 Å². The van der Waals surface area contributed by atoms with Gasteiger partial charge in [-0.05, 0) is 19.1 Å². The average molecular weight is 153 g/mol. The van der Waals surface area contributed by atoms with Gasteiger partial charge in [-0.2, -0.15) is 0 Å². The van der Waals surface area contributed by atoms with Crippen molar-refractivity contribution in [2.24, 2.45) is 0 Å². The Kier molecular flexibility index (Phi) is 3.88. The number of allylic oxidation sites excluding steroid dienone is 1. The Morgan fingerprint density at radius 2 is 1.91 bits per heavy atom. The lowest BCUT2D eigenvalue weighted by molar-refractivity contribution is -0.137. The minimum absolute atomic E-state index is 0.336. The molecule has 0 bridgehead atoms. The molecule has 60 valence electrons. The van der Waals surface area contributed by atoms with Gasteiger partial charge >= 0.3 is 0 Å². The van der Waals surface area contributed by atoms with Crippen molar-refractivity contribution >= 4 is 11.8 Å². The van der Waals surface area contributed by atoms with Gasteiger partial charge in [0.15, 0.2) is 0 Å². The summed E-state index contributed by atoms with van der Waals surface area (Å²) in [5.41, 5.74) is 0. The van der Waals surface area contributed by atoms with Crippen LogP contribution in [0.3, 0.4) is 0 Å². The summed E-state index contributed by atoms with van der Waals surface area (Å²) in [7, 11) is 1.41. The second kappa shape index (κ2) is 4.44. The first-order valence-electron chi connectivity index (χ1n) is 3.20. The Morgan fingerprint density at radius 1 is 1.36 bits per heavy atom. The average Bonchev–Trinajstić information content (AvgIpc) is 2.02. The van der Waals surface area contributed by atoms with E-state index in [1.54, 1.807) is 13.0 Å². The molecule has 0 radical (unpaired) electrons. The zero-order valence-electron chi connectivity index (χ0n) is 6.70. The minimum atomic E-state index is -0.395. The molecule has 3 nitrogen and oxygen atoms in total. The van der Waals surface area contributed by atoms with Crippen LogP contribution in [0.2, 0.25) is 0 Å². The Morgan fingerprint density at radius 3 is 2.27 bits per heavy atom. The van der Waals surface area contributed by atoms with Crippen molar-refractivity contribution in [1.82, 2.24) is 4.90 Å². The van der Waals surface area contributed by atoms with E-state index >= 15 is 0 Å². The van der Waals surface area contributed by atoms with Crippen molar-refractivity contribution in [3.63, 3.8) is 0 Å². The second-order valence-corrected chi connectivity index (χ2v) is 1.94. The SMILES string of the molecule is C=CC(=O)N(C)C(=O)C=CC. The highest BCUT2D eigenvalue weighted by Crippen LogP contribution is 1.88. The van der Waals surface area contributed by atoms with Crippen molar-refractivity contribution in [3.05, 3.63) is 24.8 Å². The quantitative estimate of drug-likeness (QED) is 0.548. The van der Waals surface area contributed by atoms with Gasteiger partial charge in [-0.25, -0.2) is 0 Å². The highest BCUT2D eigenvalue weighted by atomic mass is 16.2. The molecule has 0 aliphatic rings. The third-order valence-corrected chi connectivity index (χ3v) is 1.15. The second-order valence-electron chi connectivity index (χ2n) is 1.94. The summed E-state index contributed by atoms with van der Waals surface area (Å²) < 4.78 is 0. The van der Waals surface area contributed by atoms with Crippen LogP contribution >= 0.6 is 0 Å². The molecule has 0 unspecified atom stereocenters. The summed E-state index contributed by atoms with van der Waals surface area (Å²) in [6.45, 7) is 4.97. The predicted octanol–water partition coefficient (Wildman–Crippen LogP) is 0.733. The van der Waals surface area contributed by atoms with Gasteiger partial charge in [0.2, 0.25) is 0 Å². The summed E-state index contributed by atoms with van der Waals surface area (Å²) in [5, 5.41) is 0. The number of carbonyl (C=O) groups excluding carboxylic acids is 2. The van der Waals surface area contributed by atoms with Crippen molar-refractivity contribution in [2.75, 3.05) is 7.05 Å². The molecule has 0 aromatic carbocycles. The lowest BCUT2D eigenvalue weighted by Crippen LogP contribution is -2.29. The summed E-state index contributed by atoms with van der Waals surface area (Å²) in [5.74, 6) is -0.731. The lowest BCUT2D eigenvalue weighted by Gasteiger charge is -2.08. The van der Waals surface area contributed by atoms with E-state index < -0.39 is 5.91 Å². The molecule has 2 amide bonds. The molecule has 0 saturated carbocycles. The Hall–Kier alpha value is -1.38. The van der Waals surface area contributed by atoms with Gasteiger partial charge < -0.3 is 0 Å². The third-order valence-electron chi connectivity index (χ3n) is 1.15. The van der Waals surface area contributed by atoms with Crippen molar-refractivity contribution in [3.8, 4) is 0 Å². The number of carbonyl (C=O) groups is 2. The Bertz CT molecular complexity index is 206. The van der Waals surface area contributed by atoms with Crippen LogP contribution in [-0.4, -0.2) is 23.8 Å². The molecular weight excluding hydrogens is 142 g/mol. The topological polar surface area (TPSA) is 37.4 Å². The molecule has 11 heavy (non-hydrogen) atoms. The van der Waals surface area contributed by atoms with E-state index in [0.29, 0.717) is 0 Å². The van der Waals surface area contributed by atoms with E-state index in [-0.39, 0.29) is 5.91 Å². The molecule has 0 heterocycles.